The first-order chi connectivity index (χ1) is 8.86. The van der Waals surface area contributed by atoms with Crippen LogP contribution in [0.2, 0.25) is 0 Å². The summed E-state index contributed by atoms with van der Waals surface area (Å²) in [5, 5.41) is 0. The molecule has 1 saturated heterocycles. The van der Waals surface area contributed by atoms with E-state index in [0.717, 1.165) is 12.8 Å². The Kier molecular flexibility index (Phi) is 6.22. The van der Waals surface area contributed by atoms with Crippen molar-refractivity contribution in [2.24, 2.45) is 11.8 Å². The molecule has 6 nitrogen and oxygen atoms in total. The predicted octanol–water partition coefficient (Wildman–Crippen LogP) is 0.752. The fraction of sp³-hybridized carbons (Fsp3) is 0.917. The highest BCUT2D eigenvalue weighted by atomic mass is 32.2. The molecule has 0 aromatic carbocycles. The molecule has 0 saturated carbocycles. The highest BCUT2D eigenvalue weighted by Crippen LogP contribution is 2.15. The van der Waals surface area contributed by atoms with Gasteiger partial charge in [0.1, 0.15) is 0 Å². The summed E-state index contributed by atoms with van der Waals surface area (Å²) in [7, 11) is -2.13. The van der Waals surface area contributed by atoms with Gasteiger partial charge in [0.2, 0.25) is 0 Å². The fourth-order valence-electron chi connectivity index (χ4n) is 2.22. The molecule has 112 valence electrons. The summed E-state index contributed by atoms with van der Waals surface area (Å²) in [6.45, 7) is 5.20. The summed E-state index contributed by atoms with van der Waals surface area (Å²) in [6, 6.07) is 0. The second-order valence-corrected chi connectivity index (χ2v) is 7.06. The molecule has 1 fully saturated rings. The van der Waals surface area contributed by atoms with E-state index >= 15 is 0 Å². The third-order valence-electron chi connectivity index (χ3n) is 3.21. The van der Waals surface area contributed by atoms with Crippen LogP contribution in [0, 0.1) is 11.8 Å². The Labute approximate surface area is 115 Å². The summed E-state index contributed by atoms with van der Waals surface area (Å²) < 4.78 is 32.7. The molecule has 0 aliphatic carbocycles. The van der Waals surface area contributed by atoms with E-state index in [1.54, 1.807) is 0 Å². The van der Waals surface area contributed by atoms with E-state index in [2.05, 4.69) is 4.72 Å². The highest BCUT2D eigenvalue weighted by molar-refractivity contribution is 7.87. The number of ether oxygens (including phenoxy) is 1. The smallest absolute Gasteiger partial charge is 0.309 e. The molecular formula is C12H24N2O4S. The van der Waals surface area contributed by atoms with Crippen molar-refractivity contribution >= 4 is 16.2 Å². The van der Waals surface area contributed by atoms with Gasteiger partial charge in [-0.2, -0.15) is 12.7 Å². The summed E-state index contributed by atoms with van der Waals surface area (Å²) in [6.07, 6.45) is 2.40. The minimum atomic E-state index is -3.46. The van der Waals surface area contributed by atoms with Gasteiger partial charge in [-0.05, 0) is 25.2 Å². The van der Waals surface area contributed by atoms with Gasteiger partial charge in [-0.1, -0.05) is 13.8 Å². The average molecular weight is 292 g/mol. The minimum absolute atomic E-state index is 0.101. The number of methoxy groups -OCH3 is 1. The first-order valence-corrected chi connectivity index (χ1v) is 8.13. The first kappa shape index (κ1) is 16.4. The highest BCUT2D eigenvalue weighted by Gasteiger charge is 2.28. The number of nitrogens with one attached hydrogen (secondary N) is 1. The van der Waals surface area contributed by atoms with Crippen molar-refractivity contribution in [1.29, 1.82) is 0 Å². The number of carbonyl (C=O) groups is 1. The fourth-order valence-corrected chi connectivity index (χ4v) is 3.56. The van der Waals surface area contributed by atoms with Crippen LogP contribution < -0.4 is 4.72 Å². The van der Waals surface area contributed by atoms with Crippen molar-refractivity contribution in [1.82, 2.24) is 9.03 Å². The maximum atomic E-state index is 12.0. The molecule has 1 aliphatic rings. The summed E-state index contributed by atoms with van der Waals surface area (Å²) in [5.41, 5.74) is 0. The number of esters is 1. The molecule has 0 aromatic rings. The molecule has 0 amide bonds. The van der Waals surface area contributed by atoms with Gasteiger partial charge < -0.3 is 4.74 Å². The maximum absolute atomic E-state index is 12.0. The van der Waals surface area contributed by atoms with Gasteiger partial charge in [-0.25, -0.2) is 4.72 Å². The largest absolute Gasteiger partial charge is 0.469 e. The Bertz CT molecular complexity index is 389. The molecule has 19 heavy (non-hydrogen) atoms. The monoisotopic (exact) mass is 292 g/mol. The minimum Gasteiger partial charge on any atom is -0.469 e. The number of rotatable bonds is 7. The molecule has 1 rings (SSSR count). The molecule has 1 heterocycles. The molecule has 1 unspecified atom stereocenters. The second kappa shape index (κ2) is 7.21. The lowest BCUT2D eigenvalue weighted by molar-refractivity contribution is -0.145. The third-order valence-corrected chi connectivity index (χ3v) is 4.78. The van der Waals surface area contributed by atoms with Crippen LogP contribution in [0.1, 0.15) is 33.1 Å². The maximum Gasteiger partial charge on any atom is 0.309 e. The van der Waals surface area contributed by atoms with Crippen molar-refractivity contribution in [2.75, 3.05) is 26.7 Å². The standard InChI is InChI=1S/C12H24N2O4S/c1-10(2)8-11(12(15)18-3)9-13-19(16,17)14-6-4-5-7-14/h10-11,13H,4-9H2,1-3H3. The van der Waals surface area contributed by atoms with Gasteiger partial charge in [-0.3, -0.25) is 4.79 Å². The Hall–Kier alpha value is -0.660. The van der Waals surface area contributed by atoms with Gasteiger partial charge >= 0.3 is 5.97 Å². The van der Waals surface area contributed by atoms with Crippen molar-refractivity contribution in [3.8, 4) is 0 Å². The van der Waals surface area contributed by atoms with Gasteiger partial charge in [0.05, 0.1) is 13.0 Å². The predicted molar refractivity (Wildman–Crippen MR) is 72.7 cm³/mol. The summed E-state index contributed by atoms with van der Waals surface area (Å²) in [5.74, 6) is -0.486. The molecular weight excluding hydrogens is 268 g/mol. The Morgan fingerprint density at radius 2 is 1.89 bits per heavy atom. The van der Waals surface area contributed by atoms with Crippen LogP contribution in [0.25, 0.3) is 0 Å². The molecule has 0 bridgehead atoms. The van der Waals surface area contributed by atoms with Crippen LogP contribution in [0.3, 0.4) is 0 Å². The average Bonchev–Trinajstić information content (AvgIpc) is 2.87. The van der Waals surface area contributed by atoms with Crippen LogP contribution in [-0.2, 0) is 19.7 Å². The van der Waals surface area contributed by atoms with E-state index in [-0.39, 0.29) is 12.5 Å². The molecule has 1 atom stereocenters. The lowest BCUT2D eigenvalue weighted by Gasteiger charge is -2.20. The molecule has 0 spiro atoms. The van der Waals surface area contributed by atoms with E-state index in [1.807, 2.05) is 13.8 Å². The lowest BCUT2D eigenvalue weighted by Crippen LogP contribution is -2.42. The van der Waals surface area contributed by atoms with E-state index in [4.69, 9.17) is 4.74 Å². The van der Waals surface area contributed by atoms with Gasteiger partial charge in [0.25, 0.3) is 10.2 Å². The van der Waals surface area contributed by atoms with Crippen LogP contribution in [0.15, 0.2) is 0 Å². The van der Waals surface area contributed by atoms with Crippen LogP contribution in [-0.4, -0.2) is 45.4 Å². The zero-order valence-corrected chi connectivity index (χ0v) is 12.7. The third kappa shape index (κ3) is 5.08. The van der Waals surface area contributed by atoms with Crippen molar-refractivity contribution in [2.45, 2.75) is 33.1 Å². The van der Waals surface area contributed by atoms with E-state index in [9.17, 15) is 13.2 Å². The molecule has 0 aromatic heterocycles. The summed E-state index contributed by atoms with van der Waals surface area (Å²) in [4.78, 5) is 11.6. The molecule has 0 radical (unpaired) electrons. The molecule has 7 heteroatoms. The normalized spacial score (nSPS) is 18.7. The van der Waals surface area contributed by atoms with Crippen LogP contribution in [0.5, 0.6) is 0 Å². The van der Waals surface area contributed by atoms with Crippen molar-refractivity contribution < 1.29 is 17.9 Å². The van der Waals surface area contributed by atoms with Crippen LogP contribution in [0.4, 0.5) is 0 Å². The van der Waals surface area contributed by atoms with Crippen molar-refractivity contribution in [3.63, 3.8) is 0 Å². The van der Waals surface area contributed by atoms with E-state index in [1.165, 1.54) is 11.4 Å². The Balaban J connectivity index is 2.57. The number of nitrogens with zero attached hydrogens (tertiary/aromatic N) is 1. The topological polar surface area (TPSA) is 75.7 Å². The molecule has 1 aliphatic heterocycles. The number of carbonyl (C=O) groups excluding carboxylic acids is 1. The summed E-state index contributed by atoms with van der Waals surface area (Å²) >= 11 is 0. The Morgan fingerprint density at radius 3 is 2.37 bits per heavy atom. The quantitative estimate of drug-likeness (QED) is 0.703. The van der Waals surface area contributed by atoms with Gasteiger partial charge in [0.15, 0.2) is 0 Å². The Morgan fingerprint density at radius 1 is 1.32 bits per heavy atom. The van der Waals surface area contributed by atoms with Gasteiger partial charge in [-0.15, -0.1) is 0 Å². The van der Waals surface area contributed by atoms with Crippen molar-refractivity contribution in [3.05, 3.63) is 0 Å². The molecule has 1 N–H and O–H groups in total. The van der Waals surface area contributed by atoms with E-state index in [0.29, 0.717) is 25.4 Å². The number of hydrogen-bond acceptors (Lipinski definition) is 4. The zero-order valence-electron chi connectivity index (χ0n) is 11.9. The van der Waals surface area contributed by atoms with Crippen LogP contribution >= 0.6 is 0 Å². The van der Waals surface area contributed by atoms with Gasteiger partial charge in [0, 0.05) is 19.6 Å². The van der Waals surface area contributed by atoms with E-state index < -0.39 is 16.1 Å². The zero-order chi connectivity index (χ0) is 14.5. The number of hydrogen-bond donors (Lipinski definition) is 1. The second-order valence-electron chi connectivity index (χ2n) is 5.31. The first-order valence-electron chi connectivity index (χ1n) is 6.69. The lowest BCUT2D eigenvalue weighted by atomic mass is 9.97. The SMILES string of the molecule is COC(=O)C(CNS(=O)(=O)N1CCCC1)CC(C)C.